The first-order chi connectivity index (χ1) is 35.6. The van der Waals surface area contributed by atoms with E-state index in [1.54, 1.807) is 0 Å². The number of para-hydroxylation sites is 1. The molecule has 0 amide bonds. The van der Waals surface area contributed by atoms with Gasteiger partial charge in [-0.3, -0.25) is 0 Å². The SMILES string of the molecule is CC(C)(C)c1ccc(N2c3ccc(C(C)(C)C)cc3B3c4ccc(C(C)(C)C)cc4N(c4ccc(C(C)(C)C)cc4-c4ccccc4)c4cc(N5c6ccccc6C6(c7ccccc7)CCCCC56C)cc2c43)cc1. The van der Waals surface area contributed by atoms with Crippen molar-refractivity contribution in [1.29, 1.82) is 0 Å². The van der Waals surface area contributed by atoms with Crippen LogP contribution in [0, 0.1) is 0 Å². The summed E-state index contributed by atoms with van der Waals surface area (Å²) in [5.41, 5.74) is 24.0. The predicted molar refractivity (Wildman–Crippen MR) is 323 cm³/mol. The molecule has 8 aromatic rings. The summed E-state index contributed by atoms with van der Waals surface area (Å²) < 4.78 is 0. The van der Waals surface area contributed by atoms with Crippen molar-refractivity contribution < 1.29 is 0 Å². The van der Waals surface area contributed by atoms with Crippen molar-refractivity contribution in [2.24, 2.45) is 0 Å². The number of benzene rings is 8. The smallest absolute Gasteiger partial charge is 0.252 e. The van der Waals surface area contributed by atoms with E-state index in [4.69, 9.17) is 0 Å². The maximum atomic E-state index is 2.82. The van der Waals surface area contributed by atoms with E-state index >= 15 is 0 Å². The van der Waals surface area contributed by atoms with Crippen LogP contribution in [0.25, 0.3) is 11.1 Å². The molecule has 0 radical (unpaired) electrons. The lowest BCUT2D eigenvalue weighted by atomic mass is 9.33. The molecule has 4 aliphatic rings. The molecule has 0 spiro atoms. The summed E-state index contributed by atoms with van der Waals surface area (Å²) in [4.78, 5) is 8.16. The Morgan fingerprint density at radius 1 is 0.400 bits per heavy atom. The second-order valence-electron chi connectivity index (χ2n) is 26.8. The summed E-state index contributed by atoms with van der Waals surface area (Å²) in [7, 11) is 0. The number of fused-ring (bicyclic) bond motifs is 7. The molecule has 0 bridgehead atoms. The first-order valence-electron chi connectivity index (χ1n) is 27.9. The lowest BCUT2D eigenvalue weighted by Crippen LogP contribution is -2.62. The molecule has 3 nitrogen and oxygen atoms in total. The summed E-state index contributed by atoms with van der Waals surface area (Å²) in [5.74, 6) is 0. The van der Waals surface area contributed by atoms with Crippen molar-refractivity contribution in [3.05, 3.63) is 209 Å². The summed E-state index contributed by atoms with van der Waals surface area (Å²) in [6.07, 6.45) is 4.56. The minimum Gasteiger partial charge on any atom is -0.334 e. The molecule has 4 heteroatoms. The van der Waals surface area contributed by atoms with E-state index in [1.807, 2.05) is 0 Å². The molecule has 378 valence electrons. The third-order valence-electron chi connectivity index (χ3n) is 18.0. The van der Waals surface area contributed by atoms with Crippen molar-refractivity contribution in [2.45, 2.75) is 148 Å². The van der Waals surface area contributed by atoms with Gasteiger partial charge in [0.2, 0.25) is 0 Å². The molecule has 0 N–H and O–H groups in total. The molecule has 3 aliphatic heterocycles. The zero-order valence-electron chi connectivity index (χ0n) is 47.0. The highest BCUT2D eigenvalue weighted by Gasteiger charge is 2.61. The van der Waals surface area contributed by atoms with Gasteiger partial charge in [-0.2, -0.15) is 0 Å². The minimum absolute atomic E-state index is 0.0169. The lowest BCUT2D eigenvalue weighted by Gasteiger charge is -2.53. The fourth-order valence-electron chi connectivity index (χ4n) is 13.9. The van der Waals surface area contributed by atoms with Gasteiger partial charge in [0.1, 0.15) is 0 Å². The topological polar surface area (TPSA) is 9.72 Å². The third-order valence-corrected chi connectivity index (χ3v) is 18.0. The van der Waals surface area contributed by atoms with Gasteiger partial charge < -0.3 is 14.7 Å². The highest BCUT2D eigenvalue weighted by atomic mass is 15.3. The Kier molecular flexibility index (Phi) is 11.2. The number of hydrogen-bond donors (Lipinski definition) is 0. The average molecular weight is 982 g/mol. The van der Waals surface area contributed by atoms with Crippen molar-refractivity contribution in [2.75, 3.05) is 14.7 Å². The quantitative estimate of drug-likeness (QED) is 0.159. The lowest BCUT2D eigenvalue weighted by molar-refractivity contribution is 0.215. The molecule has 1 fully saturated rings. The van der Waals surface area contributed by atoms with E-state index in [0.29, 0.717) is 0 Å². The van der Waals surface area contributed by atoms with Crippen molar-refractivity contribution in [1.82, 2.24) is 0 Å². The highest BCUT2D eigenvalue weighted by molar-refractivity contribution is 7.00. The largest absolute Gasteiger partial charge is 0.334 e. The van der Waals surface area contributed by atoms with E-state index in [9.17, 15) is 0 Å². The fraction of sp³-hybridized carbons (Fsp3) is 0.324. The highest BCUT2D eigenvalue weighted by Crippen LogP contribution is 2.64. The minimum atomic E-state index is -0.260. The maximum Gasteiger partial charge on any atom is 0.252 e. The number of anilines is 8. The zero-order chi connectivity index (χ0) is 52.6. The van der Waals surface area contributed by atoms with Crippen molar-refractivity contribution in [3.8, 4) is 11.1 Å². The fourth-order valence-corrected chi connectivity index (χ4v) is 13.9. The Hall–Kier alpha value is -6.78. The van der Waals surface area contributed by atoms with Crippen LogP contribution in [-0.2, 0) is 27.1 Å². The molecule has 2 unspecified atom stereocenters. The Morgan fingerprint density at radius 3 is 1.59 bits per heavy atom. The zero-order valence-corrected chi connectivity index (χ0v) is 47.0. The molecule has 12 rings (SSSR count). The third kappa shape index (κ3) is 7.66. The Labute approximate surface area is 449 Å². The van der Waals surface area contributed by atoms with Crippen LogP contribution < -0.4 is 31.1 Å². The van der Waals surface area contributed by atoms with Gasteiger partial charge in [-0.05, 0) is 151 Å². The van der Waals surface area contributed by atoms with Crippen LogP contribution in [0.15, 0.2) is 176 Å². The average Bonchev–Trinajstić information content (AvgIpc) is 3.63. The van der Waals surface area contributed by atoms with E-state index in [-0.39, 0.29) is 39.3 Å². The maximum absolute atomic E-state index is 2.82. The molecule has 2 atom stereocenters. The Morgan fingerprint density at radius 2 is 0.933 bits per heavy atom. The van der Waals surface area contributed by atoms with E-state index in [0.717, 1.165) is 12.8 Å². The van der Waals surface area contributed by atoms with Gasteiger partial charge in [0.05, 0.1) is 11.2 Å². The van der Waals surface area contributed by atoms with Crippen LogP contribution in [-0.4, -0.2) is 12.3 Å². The summed E-state index contributed by atoms with van der Waals surface area (Å²) >= 11 is 0. The van der Waals surface area contributed by atoms with Crippen molar-refractivity contribution >= 4 is 68.6 Å². The molecule has 1 saturated carbocycles. The van der Waals surface area contributed by atoms with Gasteiger partial charge in [-0.25, -0.2) is 0 Å². The number of rotatable bonds is 5. The molecule has 0 aromatic heterocycles. The van der Waals surface area contributed by atoms with Gasteiger partial charge in [0.25, 0.3) is 6.71 Å². The van der Waals surface area contributed by atoms with Crippen molar-refractivity contribution in [3.63, 3.8) is 0 Å². The van der Waals surface area contributed by atoms with Gasteiger partial charge in [0, 0.05) is 50.8 Å². The number of nitrogens with zero attached hydrogens (tertiary/aromatic N) is 3. The van der Waals surface area contributed by atoms with Crippen LogP contribution in [0.5, 0.6) is 0 Å². The van der Waals surface area contributed by atoms with Gasteiger partial charge >= 0.3 is 0 Å². The first kappa shape index (κ1) is 49.1. The monoisotopic (exact) mass is 982 g/mol. The second-order valence-corrected chi connectivity index (χ2v) is 26.8. The van der Waals surface area contributed by atoms with Gasteiger partial charge in [-0.15, -0.1) is 0 Å². The summed E-state index contributed by atoms with van der Waals surface area (Å²) in [5, 5.41) is 0. The molecular formula is C71H76BN3. The number of hydrogen-bond acceptors (Lipinski definition) is 3. The van der Waals surface area contributed by atoms with E-state index < -0.39 is 0 Å². The first-order valence-corrected chi connectivity index (χ1v) is 27.9. The molecule has 75 heavy (non-hydrogen) atoms. The molecule has 3 heterocycles. The standard InChI is InChI=1S/C71H76BN3/c1-66(2,3)48-30-35-53(36-31-48)73-61-39-34-51(68(7,8)9)43-58(61)72-57-37-32-52(69(10,11)12)44-62(57)74(59-38-33-50(67(4,5)6)42-55(59)47-24-16-14-17-25-47)64-46-54(45-63(73)65(64)72)75-60-29-21-20-28-56(60)71(49-26-18-15-19-27-49)41-23-22-40-70(71,75)13/h14-21,24-39,42-46H,22-23,40-41H2,1-13H3. The molecule has 1 aliphatic carbocycles. The molecule has 0 saturated heterocycles. The summed E-state index contributed by atoms with van der Waals surface area (Å²) in [6, 6.07) is 69.1. The van der Waals surface area contributed by atoms with Crippen LogP contribution in [0.2, 0.25) is 0 Å². The second kappa shape index (κ2) is 17.1. The van der Waals surface area contributed by atoms with Crippen LogP contribution in [0.1, 0.15) is 149 Å². The van der Waals surface area contributed by atoms with E-state index in [2.05, 4.69) is 281 Å². The normalized spacial score (nSPS) is 19.1. The molecule has 8 aromatic carbocycles. The van der Waals surface area contributed by atoms with E-state index in [1.165, 1.54) is 119 Å². The van der Waals surface area contributed by atoms with Gasteiger partial charge in [-0.1, -0.05) is 217 Å². The Bertz CT molecular complexity index is 3510. The Balaban J connectivity index is 1.24. The van der Waals surface area contributed by atoms with Crippen LogP contribution in [0.4, 0.5) is 45.5 Å². The summed E-state index contributed by atoms with van der Waals surface area (Å²) in [6.45, 7) is 30.7. The molecular weight excluding hydrogens is 906 g/mol. The predicted octanol–water partition coefficient (Wildman–Crippen LogP) is 17.4. The van der Waals surface area contributed by atoms with Crippen LogP contribution in [0.3, 0.4) is 0 Å². The van der Waals surface area contributed by atoms with Crippen LogP contribution >= 0.6 is 0 Å². The van der Waals surface area contributed by atoms with Gasteiger partial charge in [0.15, 0.2) is 0 Å².